The van der Waals surface area contributed by atoms with Gasteiger partial charge in [-0.2, -0.15) is 5.10 Å². The van der Waals surface area contributed by atoms with Gasteiger partial charge in [0.15, 0.2) is 0 Å². The summed E-state index contributed by atoms with van der Waals surface area (Å²) in [6, 6.07) is 2.81. The lowest BCUT2D eigenvalue weighted by Crippen LogP contribution is -2.54. The molecular weight excluding hydrogens is 420 g/mol. The van der Waals surface area contributed by atoms with E-state index in [1.54, 1.807) is 12.1 Å². The van der Waals surface area contributed by atoms with Gasteiger partial charge in [-0.05, 0) is 28.1 Å². The lowest BCUT2D eigenvalue weighted by Gasteiger charge is -2.22. The molecule has 1 aromatic carbocycles. The Hall–Kier alpha value is -1.45. The molecule has 0 aromatic heterocycles. The zero-order valence-corrected chi connectivity index (χ0v) is 14.6. The number of halogens is 2. The molecule has 2 rings (SSSR count). The summed E-state index contributed by atoms with van der Waals surface area (Å²) in [5, 5.41) is 19.3. The number of nitrogens with zero attached hydrogens (tertiary/aromatic N) is 1. The Labute approximate surface area is 143 Å². The second-order valence-corrected chi connectivity index (χ2v) is 6.39. The number of phenols is 1. The molecule has 9 heteroatoms. The molecule has 1 saturated heterocycles. The normalized spacial score (nSPS) is 18.3. The zero-order valence-electron chi connectivity index (χ0n) is 11.4. The molecule has 1 fully saturated rings. The second kappa shape index (κ2) is 7.70. The van der Waals surface area contributed by atoms with E-state index in [4.69, 9.17) is 0 Å². The van der Waals surface area contributed by atoms with Crippen LogP contribution in [0.5, 0.6) is 5.75 Å². The number of phenolic OH excluding ortho intramolecular Hbond substituents is 1. The standard InChI is InChI=1S/C13H14Br2N4O3/c14-8-3-7(12(21)9(15)4-8)6-18-19-11(20)5-10-13(22)17-2-1-16-10/h3-4,6,10,16,21H,1-2,5H2,(H,17,22)(H,19,20)/b18-6-/t10-/m0/s1. The van der Waals surface area contributed by atoms with Crippen molar-refractivity contribution in [3.63, 3.8) is 0 Å². The minimum atomic E-state index is -0.544. The molecular formula is C13H14Br2N4O3. The number of aromatic hydroxyl groups is 1. The van der Waals surface area contributed by atoms with Crippen molar-refractivity contribution in [1.29, 1.82) is 0 Å². The Balaban J connectivity index is 1.92. The van der Waals surface area contributed by atoms with Crippen molar-refractivity contribution in [3.05, 3.63) is 26.6 Å². The molecule has 1 aromatic rings. The number of hydrazone groups is 1. The Bertz CT molecular complexity index is 622. The van der Waals surface area contributed by atoms with Crippen LogP contribution in [0.3, 0.4) is 0 Å². The maximum absolute atomic E-state index is 11.7. The summed E-state index contributed by atoms with van der Waals surface area (Å²) in [5.74, 6) is -0.562. The van der Waals surface area contributed by atoms with Crippen LogP contribution in [0.15, 0.2) is 26.2 Å². The average molecular weight is 434 g/mol. The number of nitrogens with one attached hydrogen (secondary N) is 3. The molecule has 0 aliphatic carbocycles. The van der Waals surface area contributed by atoms with Crippen LogP contribution in [0.4, 0.5) is 0 Å². The number of hydrogen-bond donors (Lipinski definition) is 4. The molecule has 1 aliphatic rings. The predicted octanol–water partition coefficient (Wildman–Crippen LogP) is 0.845. The van der Waals surface area contributed by atoms with Gasteiger partial charge in [-0.1, -0.05) is 15.9 Å². The maximum atomic E-state index is 11.7. The molecule has 22 heavy (non-hydrogen) atoms. The lowest BCUT2D eigenvalue weighted by molar-refractivity contribution is -0.129. The number of carbonyl (C=O) groups excluding carboxylic acids is 2. The molecule has 1 heterocycles. The van der Waals surface area contributed by atoms with E-state index in [1.165, 1.54) is 6.21 Å². The van der Waals surface area contributed by atoms with E-state index < -0.39 is 6.04 Å². The number of carbonyl (C=O) groups is 2. The summed E-state index contributed by atoms with van der Waals surface area (Å²) in [5.41, 5.74) is 2.77. The monoisotopic (exact) mass is 432 g/mol. The first-order valence-corrected chi connectivity index (χ1v) is 8.07. The summed E-state index contributed by atoms with van der Waals surface area (Å²) < 4.78 is 1.27. The summed E-state index contributed by atoms with van der Waals surface area (Å²) in [4.78, 5) is 23.2. The SMILES string of the molecule is O=C(C[C@@H]1NCCNC1=O)N/N=C\c1cc(Br)cc(Br)c1O. The number of rotatable bonds is 4. The van der Waals surface area contributed by atoms with Crippen molar-refractivity contribution < 1.29 is 14.7 Å². The van der Waals surface area contributed by atoms with Gasteiger partial charge in [0.05, 0.1) is 23.1 Å². The highest BCUT2D eigenvalue weighted by Crippen LogP contribution is 2.30. The largest absolute Gasteiger partial charge is 0.506 e. The van der Waals surface area contributed by atoms with Crippen LogP contribution >= 0.6 is 31.9 Å². The highest BCUT2D eigenvalue weighted by Gasteiger charge is 2.23. The van der Waals surface area contributed by atoms with Crippen molar-refractivity contribution in [3.8, 4) is 5.75 Å². The third kappa shape index (κ3) is 4.52. The zero-order chi connectivity index (χ0) is 16.1. The molecule has 1 atom stereocenters. The molecule has 0 spiro atoms. The summed E-state index contributed by atoms with van der Waals surface area (Å²) in [6.45, 7) is 1.19. The van der Waals surface area contributed by atoms with Gasteiger partial charge in [-0.3, -0.25) is 9.59 Å². The lowest BCUT2D eigenvalue weighted by atomic mass is 10.1. The Morgan fingerprint density at radius 3 is 2.95 bits per heavy atom. The molecule has 0 saturated carbocycles. The molecule has 0 unspecified atom stereocenters. The van der Waals surface area contributed by atoms with Crippen LogP contribution in [0, 0.1) is 0 Å². The minimum absolute atomic E-state index is 0.00264. The van der Waals surface area contributed by atoms with Crippen molar-refractivity contribution in [1.82, 2.24) is 16.1 Å². The van der Waals surface area contributed by atoms with E-state index in [0.29, 0.717) is 23.1 Å². The first-order valence-electron chi connectivity index (χ1n) is 6.48. The van der Waals surface area contributed by atoms with Crippen molar-refractivity contribution in [2.45, 2.75) is 12.5 Å². The molecule has 0 radical (unpaired) electrons. The van der Waals surface area contributed by atoms with Crippen LogP contribution < -0.4 is 16.1 Å². The molecule has 2 amide bonds. The fourth-order valence-corrected chi connectivity index (χ4v) is 3.16. The Kier molecular flexibility index (Phi) is 5.92. The van der Waals surface area contributed by atoms with Crippen molar-refractivity contribution >= 4 is 49.9 Å². The van der Waals surface area contributed by atoms with Gasteiger partial charge in [-0.15, -0.1) is 0 Å². The van der Waals surface area contributed by atoms with Crippen LogP contribution in [-0.4, -0.2) is 42.3 Å². The van der Waals surface area contributed by atoms with E-state index in [1.807, 2.05) is 0 Å². The average Bonchev–Trinajstić information content (AvgIpc) is 2.46. The number of hydrogen-bond acceptors (Lipinski definition) is 5. The van der Waals surface area contributed by atoms with Crippen LogP contribution in [0.2, 0.25) is 0 Å². The molecule has 7 nitrogen and oxygen atoms in total. The predicted molar refractivity (Wildman–Crippen MR) is 88.7 cm³/mol. The van der Waals surface area contributed by atoms with Gasteiger partial charge in [0, 0.05) is 23.1 Å². The van der Waals surface area contributed by atoms with E-state index in [2.05, 4.69) is 53.0 Å². The highest BCUT2D eigenvalue weighted by atomic mass is 79.9. The second-order valence-electron chi connectivity index (χ2n) is 4.62. The summed E-state index contributed by atoms with van der Waals surface area (Å²) >= 11 is 6.51. The van der Waals surface area contributed by atoms with Gasteiger partial charge in [0.1, 0.15) is 5.75 Å². The Morgan fingerprint density at radius 1 is 1.45 bits per heavy atom. The molecule has 4 N–H and O–H groups in total. The fourth-order valence-electron chi connectivity index (χ4n) is 1.90. The maximum Gasteiger partial charge on any atom is 0.242 e. The van der Waals surface area contributed by atoms with Crippen LogP contribution in [0.25, 0.3) is 0 Å². The topological polar surface area (TPSA) is 103 Å². The van der Waals surface area contributed by atoms with Gasteiger partial charge < -0.3 is 15.7 Å². The summed E-state index contributed by atoms with van der Waals surface area (Å²) in [7, 11) is 0. The molecule has 1 aliphatic heterocycles. The van der Waals surface area contributed by atoms with Crippen LogP contribution in [0.1, 0.15) is 12.0 Å². The van der Waals surface area contributed by atoms with E-state index in [9.17, 15) is 14.7 Å². The molecule has 118 valence electrons. The Morgan fingerprint density at radius 2 is 2.23 bits per heavy atom. The first kappa shape index (κ1) is 16.9. The van der Waals surface area contributed by atoms with Gasteiger partial charge in [0.2, 0.25) is 11.8 Å². The van der Waals surface area contributed by atoms with Crippen molar-refractivity contribution in [2.24, 2.45) is 5.10 Å². The van der Waals surface area contributed by atoms with Gasteiger partial charge in [-0.25, -0.2) is 5.43 Å². The van der Waals surface area contributed by atoms with Gasteiger partial charge in [0.25, 0.3) is 0 Å². The first-order chi connectivity index (χ1) is 10.5. The highest BCUT2D eigenvalue weighted by molar-refractivity contribution is 9.11. The number of benzene rings is 1. The van der Waals surface area contributed by atoms with E-state index >= 15 is 0 Å². The third-order valence-electron chi connectivity index (χ3n) is 2.97. The van der Waals surface area contributed by atoms with E-state index in [0.717, 1.165) is 4.47 Å². The quantitative estimate of drug-likeness (QED) is 0.417. The smallest absolute Gasteiger partial charge is 0.242 e. The number of amides is 2. The third-order valence-corrected chi connectivity index (χ3v) is 4.03. The van der Waals surface area contributed by atoms with Gasteiger partial charge >= 0.3 is 0 Å². The van der Waals surface area contributed by atoms with E-state index in [-0.39, 0.29) is 24.0 Å². The fraction of sp³-hybridized carbons (Fsp3) is 0.308. The number of piperazine rings is 1. The van der Waals surface area contributed by atoms with Crippen LogP contribution in [-0.2, 0) is 9.59 Å². The molecule has 0 bridgehead atoms. The summed E-state index contributed by atoms with van der Waals surface area (Å²) in [6.07, 6.45) is 1.33. The minimum Gasteiger partial charge on any atom is -0.506 e. The van der Waals surface area contributed by atoms with Crippen molar-refractivity contribution in [2.75, 3.05) is 13.1 Å².